The molecular formula is C12H17ClN2S. The van der Waals surface area contributed by atoms with E-state index in [1.165, 1.54) is 0 Å². The van der Waals surface area contributed by atoms with E-state index in [2.05, 4.69) is 19.2 Å². The molecule has 0 atom stereocenters. The summed E-state index contributed by atoms with van der Waals surface area (Å²) in [7, 11) is 0. The van der Waals surface area contributed by atoms with E-state index >= 15 is 0 Å². The van der Waals surface area contributed by atoms with Gasteiger partial charge in [0, 0.05) is 11.6 Å². The second-order valence-electron chi connectivity index (χ2n) is 3.72. The number of hydrogen-bond acceptors (Lipinski definition) is 2. The van der Waals surface area contributed by atoms with Crippen molar-refractivity contribution in [3.05, 3.63) is 28.8 Å². The molecule has 0 aromatic heterocycles. The van der Waals surface area contributed by atoms with Crippen molar-refractivity contribution in [2.75, 3.05) is 5.32 Å². The third kappa shape index (κ3) is 3.35. The van der Waals surface area contributed by atoms with Crippen LogP contribution in [0.15, 0.2) is 18.2 Å². The van der Waals surface area contributed by atoms with Crippen LogP contribution in [-0.4, -0.2) is 11.0 Å². The highest BCUT2D eigenvalue weighted by Crippen LogP contribution is 2.24. The van der Waals surface area contributed by atoms with Crippen LogP contribution in [0.4, 0.5) is 5.69 Å². The minimum absolute atomic E-state index is 0.371. The van der Waals surface area contributed by atoms with E-state index in [9.17, 15) is 0 Å². The molecule has 0 saturated heterocycles. The van der Waals surface area contributed by atoms with Gasteiger partial charge in [0.2, 0.25) is 0 Å². The topological polar surface area (TPSA) is 38.0 Å². The molecule has 0 saturated carbocycles. The van der Waals surface area contributed by atoms with Gasteiger partial charge in [0.05, 0.1) is 10.7 Å². The van der Waals surface area contributed by atoms with E-state index < -0.39 is 0 Å². The Hall–Kier alpha value is -0.800. The van der Waals surface area contributed by atoms with Crippen LogP contribution in [0, 0.1) is 0 Å². The predicted octanol–water partition coefficient (Wildman–Crippen LogP) is 3.57. The second kappa shape index (κ2) is 6.06. The molecule has 0 fully saturated rings. The number of halogens is 1. The van der Waals surface area contributed by atoms with E-state index in [0.717, 1.165) is 24.1 Å². The molecule has 1 rings (SSSR count). The quantitative estimate of drug-likeness (QED) is 0.791. The molecule has 2 nitrogen and oxygen atoms in total. The number of benzene rings is 1. The molecule has 0 bridgehead atoms. The van der Waals surface area contributed by atoms with Gasteiger partial charge in [0.1, 0.15) is 4.99 Å². The lowest BCUT2D eigenvalue weighted by molar-refractivity contribution is 0.672. The maximum atomic E-state index is 6.15. The van der Waals surface area contributed by atoms with Gasteiger partial charge in [-0.2, -0.15) is 0 Å². The first-order valence-electron chi connectivity index (χ1n) is 5.44. The Morgan fingerprint density at radius 1 is 1.44 bits per heavy atom. The standard InChI is InChI=1S/C12H17ClN2S/c1-3-9(4-2)15-11-6-5-8(12(14)16)7-10(11)13/h5-7,9,15H,3-4H2,1-2H3,(H2,14,16). The lowest BCUT2D eigenvalue weighted by Gasteiger charge is -2.17. The van der Waals surface area contributed by atoms with Gasteiger partial charge >= 0.3 is 0 Å². The van der Waals surface area contributed by atoms with Crippen molar-refractivity contribution in [1.29, 1.82) is 0 Å². The first-order valence-corrected chi connectivity index (χ1v) is 6.23. The van der Waals surface area contributed by atoms with Gasteiger partial charge in [-0.05, 0) is 31.0 Å². The van der Waals surface area contributed by atoms with Crippen molar-refractivity contribution >= 4 is 34.5 Å². The van der Waals surface area contributed by atoms with E-state index in [1.54, 1.807) is 6.07 Å². The van der Waals surface area contributed by atoms with Crippen LogP contribution in [-0.2, 0) is 0 Å². The van der Waals surface area contributed by atoms with Crippen molar-refractivity contribution < 1.29 is 0 Å². The minimum atomic E-state index is 0.371. The maximum absolute atomic E-state index is 6.15. The molecule has 88 valence electrons. The summed E-state index contributed by atoms with van der Waals surface area (Å²) in [5, 5.41) is 4.06. The van der Waals surface area contributed by atoms with Crippen LogP contribution in [0.25, 0.3) is 0 Å². The summed E-state index contributed by atoms with van der Waals surface area (Å²) in [4.78, 5) is 0.371. The Kier molecular flexibility index (Phi) is 5.03. The Balaban J connectivity index is 2.86. The zero-order valence-corrected chi connectivity index (χ0v) is 11.2. The van der Waals surface area contributed by atoms with E-state index in [0.29, 0.717) is 16.1 Å². The molecule has 0 aliphatic carbocycles. The summed E-state index contributed by atoms with van der Waals surface area (Å²) in [6, 6.07) is 6.07. The molecule has 16 heavy (non-hydrogen) atoms. The highest BCUT2D eigenvalue weighted by molar-refractivity contribution is 7.80. The van der Waals surface area contributed by atoms with Gasteiger partial charge in [-0.15, -0.1) is 0 Å². The zero-order chi connectivity index (χ0) is 12.1. The summed E-state index contributed by atoms with van der Waals surface area (Å²) in [6.45, 7) is 4.30. The molecule has 1 aromatic rings. The third-order valence-corrected chi connectivity index (χ3v) is 3.15. The van der Waals surface area contributed by atoms with Crippen molar-refractivity contribution in [2.24, 2.45) is 5.73 Å². The molecule has 0 amide bonds. The SMILES string of the molecule is CCC(CC)Nc1ccc(C(N)=S)cc1Cl. The van der Waals surface area contributed by atoms with Crippen molar-refractivity contribution in [1.82, 2.24) is 0 Å². The molecule has 0 spiro atoms. The predicted molar refractivity (Wildman–Crippen MR) is 75.3 cm³/mol. The number of anilines is 1. The molecule has 0 radical (unpaired) electrons. The van der Waals surface area contributed by atoms with E-state index in [1.807, 2.05) is 12.1 Å². The maximum Gasteiger partial charge on any atom is 0.104 e. The fraction of sp³-hybridized carbons (Fsp3) is 0.417. The first-order chi connectivity index (χ1) is 7.58. The molecule has 0 aliphatic heterocycles. The lowest BCUT2D eigenvalue weighted by atomic mass is 10.1. The third-order valence-electron chi connectivity index (χ3n) is 2.60. The summed E-state index contributed by atoms with van der Waals surface area (Å²) >= 11 is 11.1. The number of nitrogens with one attached hydrogen (secondary N) is 1. The summed E-state index contributed by atoms with van der Waals surface area (Å²) in [6.07, 6.45) is 2.15. The van der Waals surface area contributed by atoms with Crippen LogP contribution >= 0.6 is 23.8 Å². The Bertz CT molecular complexity index is 375. The van der Waals surface area contributed by atoms with Gasteiger partial charge in [-0.25, -0.2) is 0 Å². The highest BCUT2D eigenvalue weighted by Gasteiger charge is 2.07. The molecule has 3 N–H and O–H groups in total. The summed E-state index contributed by atoms with van der Waals surface area (Å²) in [5.74, 6) is 0. The fourth-order valence-electron chi connectivity index (χ4n) is 1.50. The average Bonchev–Trinajstić information content (AvgIpc) is 2.27. The van der Waals surface area contributed by atoms with Crippen LogP contribution in [0.3, 0.4) is 0 Å². The van der Waals surface area contributed by atoms with Crippen LogP contribution in [0.5, 0.6) is 0 Å². The highest BCUT2D eigenvalue weighted by atomic mass is 35.5. The average molecular weight is 257 g/mol. The largest absolute Gasteiger partial charge is 0.389 e. The normalized spacial score (nSPS) is 10.5. The molecule has 0 heterocycles. The Labute approximate surface area is 107 Å². The monoisotopic (exact) mass is 256 g/mol. The minimum Gasteiger partial charge on any atom is -0.389 e. The van der Waals surface area contributed by atoms with Crippen molar-refractivity contribution in [2.45, 2.75) is 32.7 Å². The van der Waals surface area contributed by atoms with Crippen LogP contribution < -0.4 is 11.1 Å². The van der Waals surface area contributed by atoms with E-state index in [4.69, 9.17) is 29.6 Å². The molecule has 0 unspecified atom stereocenters. The molecule has 0 aliphatic rings. The van der Waals surface area contributed by atoms with Gasteiger partial charge in [0.15, 0.2) is 0 Å². The smallest absolute Gasteiger partial charge is 0.104 e. The van der Waals surface area contributed by atoms with Gasteiger partial charge < -0.3 is 11.1 Å². The van der Waals surface area contributed by atoms with Gasteiger partial charge in [0.25, 0.3) is 0 Å². The van der Waals surface area contributed by atoms with E-state index in [-0.39, 0.29) is 0 Å². The van der Waals surface area contributed by atoms with Gasteiger partial charge in [-0.3, -0.25) is 0 Å². The summed E-state index contributed by atoms with van der Waals surface area (Å²) in [5.41, 5.74) is 7.28. The van der Waals surface area contributed by atoms with Crippen molar-refractivity contribution in [3.8, 4) is 0 Å². The lowest BCUT2D eigenvalue weighted by Crippen LogP contribution is -2.17. The molecular weight excluding hydrogens is 240 g/mol. The fourth-order valence-corrected chi connectivity index (χ4v) is 1.86. The van der Waals surface area contributed by atoms with Crippen molar-refractivity contribution in [3.63, 3.8) is 0 Å². The summed E-state index contributed by atoms with van der Waals surface area (Å²) < 4.78 is 0. The number of thiocarbonyl (C=S) groups is 1. The zero-order valence-electron chi connectivity index (χ0n) is 9.59. The second-order valence-corrected chi connectivity index (χ2v) is 4.56. The number of rotatable bonds is 5. The van der Waals surface area contributed by atoms with Gasteiger partial charge in [-0.1, -0.05) is 37.7 Å². The Morgan fingerprint density at radius 2 is 2.06 bits per heavy atom. The Morgan fingerprint density at radius 3 is 2.50 bits per heavy atom. The van der Waals surface area contributed by atoms with Crippen LogP contribution in [0.1, 0.15) is 32.3 Å². The molecule has 1 aromatic carbocycles. The first kappa shape index (κ1) is 13.3. The van der Waals surface area contributed by atoms with Crippen LogP contribution in [0.2, 0.25) is 5.02 Å². The molecule has 4 heteroatoms. The number of nitrogens with two attached hydrogens (primary N) is 1. The number of hydrogen-bond donors (Lipinski definition) is 2.